The summed E-state index contributed by atoms with van der Waals surface area (Å²) >= 11 is 5.00. The highest BCUT2D eigenvalue weighted by atomic mass is 32.2. The fourth-order valence-electron chi connectivity index (χ4n) is 3.20. The van der Waals surface area contributed by atoms with E-state index < -0.39 is 0 Å². The van der Waals surface area contributed by atoms with Crippen molar-refractivity contribution >= 4 is 63.3 Å². The van der Waals surface area contributed by atoms with E-state index >= 15 is 0 Å². The molecule has 0 unspecified atom stereocenters. The number of likely N-dealkylation sites (N-methyl/N-ethyl adjacent to an activating group) is 1. The lowest BCUT2D eigenvalue weighted by Crippen LogP contribution is -2.10. The van der Waals surface area contributed by atoms with Gasteiger partial charge in [-0.05, 0) is 56.1 Å². The van der Waals surface area contributed by atoms with E-state index in [4.69, 9.17) is 15.8 Å². The first kappa shape index (κ1) is 35.1. The number of thiophene rings is 1. The summed E-state index contributed by atoms with van der Waals surface area (Å²) in [5.74, 6) is 1.04. The number of fused-ring (bicyclic) bond motifs is 1. The highest BCUT2D eigenvalue weighted by Gasteiger charge is 2.19. The number of thioether (sulfide) groups is 1. The van der Waals surface area contributed by atoms with Crippen LogP contribution in [0.3, 0.4) is 0 Å². The summed E-state index contributed by atoms with van der Waals surface area (Å²) in [6, 6.07) is 9.64. The molecule has 40 heavy (non-hydrogen) atoms. The molecule has 0 spiro atoms. The topological polar surface area (TPSA) is 113 Å². The number of carbonyl (C=O) groups excluding carboxylic acids is 1. The Bertz CT molecular complexity index is 1300. The predicted molar refractivity (Wildman–Crippen MR) is 178 cm³/mol. The Hall–Kier alpha value is -2.89. The molecule has 0 saturated heterocycles. The smallest absolute Gasteiger partial charge is 0.150 e. The second-order valence-electron chi connectivity index (χ2n) is 7.81. The maximum absolute atomic E-state index is 11.3. The third-order valence-electron chi connectivity index (χ3n) is 5.00. The van der Waals surface area contributed by atoms with Gasteiger partial charge in [-0.15, -0.1) is 34.4 Å². The minimum absolute atomic E-state index is 0.233. The third-order valence-corrected chi connectivity index (χ3v) is 8.27. The number of carbonyl (C=O) groups is 1. The molecule has 0 amide bonds. The van der Waals surface area contributed by atoms with Crippen LogP contribution in [0.5, 0.6) is 0 Å². The number of aliphatic hydroxyl groups excluding tert-OH is 1. The lowest BCUT2D eigenvalue weighted by atomic mass is 10.0. The molecule has 1 aromatic carbocycles. The van der Waals surface area contributed by atoms with Crippen molar-refractivity contribution in [3.8, 4) is 21.8 Å². The van der Waals surface area contributed by atoms with Gasteiger partial charge < -0.3 is 16.2 Å². The maximum atomic E-state index is 11.3. The van der Waals surface area contributed by atoms with Crippen LogP contribution in [0.25, 0.3) is 32.0 Å². The number of aromatic nitrogens is 2. The number of nitrogen functional groups attached to an aromatic ring is 1. The Morgan fingerprint density at radius 3 is 2.58 bits per heavy atom. The van der Waals surface area contributed by atoms with Crippen LogP contribution in [-0.4, -0.2) is 54.0 Å². The summed E-state index contributed by atoms with van der Waals surface area (Å²) in [6.45, 7) is 12.2. The number of nitrogens with zero attached hydrogens (tertiary/aromatic N) is 3. The molecular weight excluding hydrogens is 559 g/mol. The molecule has 0 radical (unpaired) electrons. The molecule has 0 fully saturated rings. The number of aliphatic hydroxyl groups is 1. The number of rotatable bonds is 10. The number of nitrogens with two attached hydrogens (primary N) is 1. The first-order chi connectivity index (χ1) is 19.5. The van der Waals surface area contributed by atoms with Gasteiger partial charge in [0.15, 0.2) is 0 Å². The van der Waals surface area contributed by atoms with Gasteiger partial charge in [-0.1, -0.05) is 51.5 Å². The normalized spacial score (nSPS) is 10.2. The number of anilines is 1. The molecular formula is C30H41N5O2S3. The number of allylic oxidation sites excluding steroid dienone is 1. The van der Waals surface area contributed by atoms with E-state index in [1.54, 1.807) is 59.9 Å². The van der Waals surface area contributed by atoms with E-state index in [0.717, 1.165) is 66.8 Å². The molecule has 4 aromatic rings. The molecule has 0 aliphatic heterocycles. The molecule has 4 N–H and O–H groups in total. The van der Waals surface area contributed by atoms with Crippen LogP contribution in [0.2, 0.25) is 0 Å². The van der Waals surface area contributed by atoms with Crippen molar-refractivity contribution in [2.75, 3.05) is 31.7 Å². The van der Waals surface area contributed by atoms with Crippen molar-refractivity contribution in [1.29, 1.82) is 0 Å². The van der Waals surface area contributed by atoms with Gasteiger partial charge in [-0.3, -0.25) is 9.79 Å². The van der Waals surface area contributed by atoms with Crippen LogP contribution in [0.1, 0.15) is 50.9 Å². The molecule has 3 heterocycles. The third kappa shape index (κ3) is 10.9. The van der Waals surface area contributed by atoms with Crippen molar-refractivity contribution < 1.29 is 9.90 Å². The average Bonchev–Trinajstić information content (AvgIpc) is 3.64. The number of aliphatic imine (C=N–C) groups is 1. The summed E-state index contributed by atoms with van der Waals surface area (Å²) in [5.41, 5.74) is 10.8. The van der Waals surface area contributed by atoms with Crippen molar-refractivity contribution in [2.24, 2.45) is 4.99 Å². The number of benzene rings is 1. The highest BCUT2D eigenvalue weighted by Crippen LogP contribution is 2.45. The standard InChI is InChI=1S/C21H19N3OS3.C4H7N.C3H9NO.C2H6/c1-2-3-8-27-21-18(22)17-15(14-6-4-5-13(10-14)12-25)11-16(24-20(17)28-21)19-23-7-9-26-19;1-3-4-5-2;1-4-2-3-5;1-2/h4-7,9-12H,2-3,8,22H2,1H3;3-4H,2H2,1H3;4-5H,2-3H2,1H3;1-2H3/b;4-3-;;. The van der Waals surface area contributed by atoms with Gasteiger partial charge in [0.25, 0.3) is 0 Å². The largest absolute Gasteiger partial charge is 0.397 e. The van der Waals surface area contributed by atoms with E-state index in [9.17, 15) is 4.79 Å². The molecule has 0 atom stereocenters. The van der Waals surface area contributed by atoms with E-state index in [-0.39, 0.29) is 6.61 Å². The zero-order valence-electron chi connectivity index (χ0n) is 24.0. The summed E-state index contributed by atoms with van der Waals surface area (Å²) in [4.78, 5) is 24.9. The van der Waals surface area contributed by atoms with Crippen LogP contribution in [0.15, 0.2) is 63.4 Å². The van der Waals surface area contributed by atoms with Gasteiger partial charge in [0.2, 0.25) is 0 Å². The summed E-state index contributed by atoms with van der Waals surface area (Å²) < 4.78 is 1.11. The molecule has 7 nitrogen and oxygen atoms in total. The molecule has 0 bridgehead atoms. The Morgan fingerprint density at radius 2 is 2.05 bits per heavy atom. The van der Waals surface area contributed by atoms with E-state index in [1.807, 2.05) is 56.5 Å². The number of thiazole rings is 1. The molecule has 3 aromatic heterocycles. The van der Waals surface area contributed by atoms with Gasteiger partial charge >= 0.3 is 0 Å². The Morgan fingerprint density at radius 1 is 1.27 bits per heavy atom. The second kappa shape index (κ2) is 20.9. The maximum Gasteiger partial charge on any atom is 0.150 e. The quantitative estimate of drug-likeness (QED) is 0.0737. The van der Waals surface area contributed by atoms with Gasteiger partial charge in [0, 0.05) is 35.3 Å². The number of hydrogen-bond donors (Lipinski definition) is 3. The summed E-state index contributed by atoms with van der Waals surface area (Å²) in [7, 11) is 1.80. The Balaban J connectivity index is 0.000000568. The Labute approximate surface area is 250 Å². The van der Waals surface area contributed by atoms with Gasteiger partial charge in [-0.2, -0.15) is 0 Å². The Kier molecular flexibility index (Phi) is 18.4. The van der Waals surface area contributed by atoms with Crippen molar-refractivity contribution in [3.05, 3.63) is 59.7 Å². The highest BCUT2D eigenvalue weighted by molar-refractivity contribution is 8.01. The fraction of sp³-hybridized carbons (Fsp3) is 0.333. The zero-order chi connectivity index (χ0) is 29.8. The number of unbranched alkanes of at least 4 members (excludes halogenated alkanes) is 1. The minimum atomic E-state index is 0.233. The van der Waals surface area contributed by atoms with E-state index in [0.29, 0.717) is 12.1 Å². The SMILES string of the molecule is C=N/C=C\C.CC.CCCCSc1sc2nc(-c3nccs3)cc(-c3cccc(C=O)c3)c2c1N.CNCCO. The van der Waals surface area contributed by atoms with Crippen LogP contribution < -0.4 is 11.1 Å². The fourth-order valence-corrected chi connectivity index (χ4v) is 6.25. The summed E-state index contributed by atoms with van der Waals surface area (Å²) in [5, 5.41) is 14.6. The van der Waals surface area contributed by atoms with Crippen molar-refractivity contribution in [2.45, 2.75) is 44.7 Å². The molecule has 4 rings (SSSR count). The molecule has 10 heteroatoms. The van der Waals surface area contributed by atoms with Crippen molar-refractivity contribution in [1.82, 2.24) is 15.3 Å². The first-order valence-corrected chi connectivity index (χ1v) is 15.9. The van der Waals surface area contributed by atoms with Crippen LogP contribution >= 0.6 is 34.4 Å². The number of nitrogens with one attached hydrogen (secondary N) is 1. The van der Waals surface area contributed by atoms with Gasteiger partial charge in [0.1, 0.15) is 21.8 Å². The van der Waals surface area contributed by atoms with Gasteiger partial charge in [0.05, 0.1) is 16.5 Å². The number of hydrogen-bond acceptors (Lipinski definition) is 10. The monoisotopic (exact) mass is 599 g/mol. The number of aldehydes is 1. The second-order valence-corrected chi connectivity index (χ2v) is 11.1. The molecule has 0 aliphatic carbocycles. The van der Waals surface area contributed by atoms with Crippen molar-refractivity contribution in [3.63, 3.8) is 0 Å². The average molecular weight is 600 g/mol. The predicted octanol–water partition coefficient (Wildman–Crippen LogP) is 7.82. The first-order valence-electron chi connectivity index (χ1n) is 13.2. The summed E-state index contributed by atoms with van der Waals surface area (Å²) in [6.07, 6.45) is 8.44. The lowest BCUT2D eigenvalue weighted by molar-refractivity contribution is 0.112. The molecule has 0 saturated carbocycles. The lowest BCUT2D eigenvalue weighted by Gasteiger charge is -2.08. The molecule has 216 valence electrons. The van der Waals surface area contributed by atoms with E-state index in [1.165, 1.54) is 0 Å². The zero-order valence-corrected chi connectivity index (χ0v) is 26.5. The van der Waals surface area contributed by atoms with Crippen LogP contribution in [-0.2, 0) is 0 Å². The van der Waals surface area contributed by atoms with E-state index in [2.05, 4.69) is 28.9 Å². The van der Waals surface area contributed by atoms with Crippen LogP contribution in [0, 0.1) is 0 Å². The van der Waals surface area contributed by atoms with Gasteiger partial charge in [-0.25, -0.2) is 9.97 Å². The minimum Gasteiger partial charge on any atom is -0.397 e. The molecule has 0 aliphatic rings. The number of pyridine rings is 1. The van der Waals surface area contributed by atoms with Crippen LogP contribution in [0.4, 0.5) is 5.69 Å².